The summed E-state index contributed by atoms with van der Waals surface area (Å²) in [6.07, 6.45) is -0.335. The highest BCUT2D eigenvalue weighted by atomic mass is 16.6. The van der Waals surface area contributed by atoms with Crippen molar-refractivity contribution in [2.75, 3.05) is 13.7 Å². The van der Waals surface area contributed by atoms with Crippen molar-refractivity contribution in [1.82, 2.24) is 5.32 Å². The maximum atomic E-state index is 11.3. The van der Waals surface area contributed by atoms with Crippen LogP contribution in [0.25, 0.3) is 0 Å². The number of methoxy groups -OCH3 is 1. The molecule has 0 saturated heterocycles. The first-order chi connectivity index (χ1) is 9.47. The van der Waals surface area contributed by atoms with Gasteiger partial charge in [0.25, 0.3) is 0 Å². The van der Waals surface area contributed by atoms with E-state index in [1.165, 1.54) is 19.2 Å². The fourth-order valence-corrected chi connectivity index (χ4v) is 1.58. The average molecular weight is 283 g/mol. The summed E-state index contributed by atoms with van der Waals surface area (Å²) < 4.78 is 9.55. The van der Waals surface area contributed by atoms with Crippen LogP contribution in [0.3, 0.4) is 0 Å². The van der Waals surface area contributed by atoms with Crippen molar-refractivity contribution < 1.29 is 29.9 Å². The van der Waals surface area contributed by atoms with E-state index < -0.39 is 18.1 Å². The maximum Gasteiger partial charge on any atom is 0.412 e. The van der Waals surface area contributed by atoms with Gasteiger partial charge in [-0.2, -0.15) is 0 Å². The molecule has 1 rings (SSSR count). The normalized spacial score (nSPS) is 11.6. The van der Waals surface area contributed by atoms with Gasteiger partial charge in [-0.3, -0.25) is 0 Å². The van der Waals surface area contributed by atoms with E-state index in [1.807, 2.05) is 0 Å². The third-order valence-corrected chi connectivity index (χ3v) is 2.56. The predicted octanol–water partition coefficient (Wildman–Crippen LogP) is -0.173. The van der Waals surface area contributed by atoms with E-state index in [0.717, 1.165) is 0 Å². The quantitative estimate of drug-likeness (QED) is 0.649. The summed E-state index contributed by atoms with van der Waals surface area (Å²) in [4.78, 5) is 22.6. The van der Waals surface area contributed by atoms with Crippen LogP contribution in [0.15, 0.2) is 18.2 Å². The Morgan fingerprint density at radius 2 is 2.15 bits per heavy atom. The number of quaternary nitrogens is 1. The summed E-state index contributed by atoms with van der Waals surface area (Å²) in [7, 11) is 1.29. The monoisotopic (exact) mass is 283 g/mol. The van der Waals surface area contributed by atoms with Crippen molar-refractivity contribution in [2.24, 2.45) is 0 Å². The second-order valence-corrected chi connectivity index (χ2v) is 4.15. The second kappa shape index (κ2) is 7.34. The van der Waals surface area contributed by atoms with Crippen LogP contribution in [0.2, 0.25) is 0 Å². The molecule has 0 aliphatic carbocycles. The number of nitrogens with one attached hydrogen (secondary N) is 1. The smallest absolute Gasteiger partial charge is 0.412 e. The van der Waals surface area contributed by atoms with Gasteiger partial charge in [0.05, 0.1) is 7.11 Å². The van der Waals surface area contributed by atoms with Crippen molar-refractivity contribution in [3.63, 3.8) is 0 Å². The van der Waals surface area contributed by atoms with Gasteiger partial charge in [0.15, 0.2) is 17.5 Å². The van der Waals surface area contributed by atoms with Crippen LogP contribution in [-0.2, 0) is 16.0 Å². The first-order valence-electron chi connectivity index (χ1n) is 6.16. The molecule has 0 spiro atoms. The zero-order valence-electron chi connectivity index (χ0n) is 11.5. The minimum atomic E-state index is -0.654. The number of carbonyl (C=O) groups is 2. The van der Waals surface area contributed by atoms with Gasteiger partial charge in [0, 0.05) is 13.0 Å². The maximum absolute atomic E-state index is 11.3. The molecule has 0 aliphatic rings. The van der Waals surface area contributed by atoms with Gasteiger partial charge in [0.2, 0.25) is 0 Å². The lowest BCUT2D eigenvalue weighted by Gasteiger charge is -2.10. The Balaban J connectivity index is 2.80. The Bertz CT molecular complexity index is 490. The van der Waals surface area contributed by atoms with Gasteiger partial charge in [0.1, 0.15) is 0 Å². The lowest BCUT2D eigenvalue weighted by atomic mass is 10.1. The van der Waals surface area contributed by atoms with E-state index in [0.29, 0.717) is 18.5 Å². The molecule has 0 fully saturated rings. The summed E-state index contributed by atoms with van der Waals surface area (Å²) >= 11 is 0. The van der Waals surface area contributed by atoms with Crippen LogP contribution in [-0.4, -0.2) is 36.9 Å². The highest BCUT2D eigenvalue weighted by Crippen LogP contribution is 2.27. The molecule has 1 aromatic rings. The number of esters is 1. The molecule has 20 heavy (non-hydrogen) atoms. The molecule has 1 aromatic carbocycles. The van der Waals surface area contributed by atoms with Crippen LogP contribution in [0, 0.1) is 0 Å². The molecule has 0 unspecified atom stereocenters. The zero-order chi connectivity index (χ0) is 15.1. The van der Waals surface area contributed by atoms with Gasteiger partial charge in [-0.15, -0.1) is 0 Å². The number of aromatic hydroxyl groups is 1. The highest BCUT2D eigenvalue weighted by molar-refractivity contribution is 5.74. The molecule has 0 heterocycles. The molecule has 110 valence electrons. The zero-order valence-corrected chi connectivity index (χ0v) is 11.5. The lowest BCUT2D eigenvalue weighted by molar-refractivity contribution is -0.407. The van der Waals surface area contributed by atoms with Crippen molar-refractivity contribution in [2.45, 2.75) is 19.4 Å². The van der Waals surface area contributed by atoms with Gasteiger partial charge in [-0.1, -0.05) is 6.07 Å². The number of benzene rings is 1. The average Bonchev–Trinajstić information content (AvgIpc) is 2.41. The Morgan fingerprint density at radius 1 is 1.45 bits per heavy atom. The van der Waals surface area contributed by atoms with E-state index in [-0.39, 0.29) is 11.5 Å². The summed E-state index contributed by atoms with van der Waals surface area (Å²) in [5, 5.41) is 12.1. The van der Waals surface area contributed by atoms with E-state index in [4.69, 9.17) is 4.74 Å². The van der Waals surface area contributed by atoms with Crippen molar-refractivity contribution >= 4 is 12.1 Å². The van der Waals surface area contributed by atoms with Crippen LogP contribution in [0.4, 0.5) is 4.79 Å². The number of carbonyl (C=O) groups excluding carboxylic acids is 2. The summed E-state index contributed by atoms with van der Waals surface area (Å²) in [5.41, 5.74) is 4.39. The summed E-state index contributed by atoms with van der Waals surface area (Å²) in [6, 6.07) is 3.95. The van der Waals surface area contributed by atoms with Crippen LogP contribution in [0.1, 0.15) is 12.5 Å². The topological polar surface area (TPSA) is 112 Å². The number of hydrogen-bond acceptors (Lipinski definition) is 5. The Morgan fingerprint density at radius 3 is 2.75 bits per heavy atom. The number of ether oxygens (including phenoxy) is 2. The molecular weight excluding hydrogens is 264 g/mol. The molecule has 0 bridgehead atoms. The van der Waals surface area contributed by atoms with Gasteiger partial charge < -0.3 is 25.6 Å². The van der Waals surface area contributed by atoms with E-state index in [1.54, 1.807) is 13.0 Å². The second-order valence-electron chi connectivity index (χ2n) is 4.15. The molecule has 7 nitrogen and oxygen atoms in total. The fraction of sp³-hybridized carbons (Fsp3) is 0.385. The standard InChI is InChI=1S/C13H18N2O5/c1-3-15-13(18)20-11-7-8(4-5-10(11)16)6-9(14)12(17)19-2/h4-5,7,9,16H,3,6,14H2,1-2H3,(H,15,18)/p+1/t9-/m0/s1. The molecule has 1 amide bonds. The minimum Gasteiger partial charge on any atom is -0.504 e. The lowest BCUT2D eigenvalue weighted by Crippen LogP contribution is -2.66. The summed E-state index contributed by atoms with van der Waals surface area (Å²) in [6.45, 7) is 2.17. The van der Waals surface area contributed by atoms with Crippen molar-refractivity contribution in [3.8, 4) is 11.5 Å². The molecule has 5 N–H and O–H groups in total. The van der Waals surface area contributed by atoms with Crippen molar-refractivity contribution in [1.29, 1.82) is 0 Å². The largest absolute Gasteiger partial charge is 0.504 e. The van der Waals surface area contributed by atoms with Crippen LogP contribution in [0.5, 0.6) is 11.5 Å². The molecule has 0 aliphatic heterocycles. The van der Waals surface area contributed by atoms with E-state index in [2.05, 4.69) is 15.8 Å². The predicted molar refractivity (Wildman–Crippen MR) is 70.2 cm³/mol. The van der Waals surface area contributed by atoms with Gasteiger partial charge >= 0.3 is 12.1 Å². The first kappa shape index (κ1) is 15.8. The number of hydrogen-bond donors (Lipinski definition) is 3. The Labute approximate surface area is 116 Å². The fourth-order valence-electron chi connectivity index (χ4n) is 1.58. The van der Waals surface area contributed by atoms with Crippen LogP contribution >= 0.6 is 0 Å². The van der Waals surface area contributed by atoms with Crippen molar-refractivity contribution in [3.05, 3.63) is 23.8 Å². The molecule has 0 saturated carbocycles. The third kappa shape index (κ3) is 4.43. The molecule has 1 atom stereocenters. The molecular formula is C13H19N2O5+. The van der Waals surface area contributed by atoms with E-state index >= 15 is 0 Å². The molecule has 7 heteroatoms. The number of phenols is 1. The van der Waals surface area contributed by atoms with Gasteiger partial charge in [-0.05, 0) is 24.6 Å². The summed E-state index contributed by atoms with van der Waals surface area (Å²) in [5.74, 6) is -0.548. The number of rotatable bonds is 5. The Kier molecular flexibility index (Phi) is 5.79. The highest BCUT2D eigenvalue weighted by Gasteiger charge is 2.19. The number of phenolic OH excluding ortho intramolecular Hbond substituents is 1. The first-order valence-corrected chi connectivity index (χ1v) is 6.16. The molecule has 0 radical (unpaired) electrons. The molecule has 0 aromatic heterocycles. The minimum absolute atomic E-state index is 0.0329. The third-order valence-electron chi connectivity index (χ3n) is 2.56. The number of amides is 1. The Hall–Kier alpha value is -2.28. The van der Waals surface area contributed by atoms with E-state index in [9.17, 15) is 14.7 Å². The van der Waals surface area contributed by atoms with Crippen LogP contribution < -0.4 is 15.8 Å². The van der Waals surface area contributed by atoms with Gasteiger partial charge in [-0.25, -0.2) is 9.59 Å². The SMILES string of the molecule is CCNC(=O)Oc1cc(C[C@H]([NH3+])C(=O)OC)ccc1O.